The van der Waals surface area contributed by atoms with E-state index in [1.165, 1.54) is 16.7 Å². The fourth-order valence-corrected chi connectivity index (χ4v) is 5.93. The molecule has 4 nitrogen and oxygen atoms in total. The number of piperidine rings is 1. The van der Waals surface area contributed by atoms with Crippen molar-refractivity contribution in [3.63, 3.8) is 0 Å². The monoisotopic (exact) mass is 425 g/mol. The molecule has 1 atom stereocenters. The van der Waals surface area contributed by atoms with Gasteiger partial charge in [0.2, 0.25) is 6.79 Å². The van der Waals surface area contributed by atoms with Crippen LogP contribution in [-0.2, 0) is 18.4 Å². The normalized spacial score (nSPS) is 22.8. The van der Waals surface area contributed by atoms with Gasteiger partial charge < -0.3 is 9.47 Å². The first-order chi connectivity index (χ1) is 15.7. The van der Waals surface area contributed by atoms with Crippen molar-refractivity contribution < 1.29 is 14.3 Å². The SMILES string of the molecule is O=C1c2ccccc2CC1(c1ccccc1)C1CCN(Cc2ccc3c(c2)OCO3)CC1. The third kappa shape index (κ3) is 3.13. The fourth-order valence-electron chi connectivity index (χ4n) is 5.93. The quantitative estimate of drug-likeness (QED) is 0.589. The van der Waals surface area contributed by atoms with Gasteiger partial charge in [-0.25, -0.2) is 0 Å². The fraction of sp³-hybridized carbons (Fsp3) is 0.321. The van der Waals surface area contributed by atoms with Crippen LogP contribution in [0.25, 0.3) is 0 Å². The van der Waals surface area contributed by atoms with Gasteiger partial charge in [0.05, 0.1) is 5.41 Å². The molecule has 0 saturated carbocycles. The molecule has 1 unspecified atom stereocenters. The molecule has 3 aromatic carbocycles. The zero-order chi connectivity index (χ0) is 21.5. The Hall–Kier alpha value is -3.11. The summed E-state index contributed by atoms with van der Waals surface area (Å²) < 4.78 is 11.0. The maximum absolute atomic E-state index is 13.9. The van der Waals surface area contributed by atoms with E-state index >= 15 is 0 Å². The number of likely N-dealkylation sites (tertiary alicyclic amines) is 1. The number of carbonyl (C=O) groups excluding carboxylic acids is 1. The Morgan fingerprint density at radius 2 is 1.62 bits per heavy atom. The Kier molecular flexibility index (Phi) is 4.76. The molecule has 0 amide bonds. The molecular formula is C28H27NO3. The van der Waals surface area contributed by atoms with E-state index in [-0.39, 0.29) is 0 Å². The van der Waals surface area contributed by atoms with Gasteiger partial charge in [-0.15, -0.1) is 0 Å². The number of nitrogens with zero attached hydrogens (tertiary/aromatic N) is 1. The van der Waals surface area contributed by atoms with E-state index < -0.39 is 5.41 Å². The van der Waals surface area contributed by atoms with Crippen molar-refractivity contribution in [2.75, 3.05) is 19.9 Å². The molecule has 0 aromatic heterocycles. The van der Waals surface area contributed by atoms with E-state index in [1.54, 1.807) is 0 Å². The summed E-state index contributed by atoms with van der Waals surface area (Å²) in [6, 6.07) is 24.9. The van der Waals surface area contributed by atoms with E-state index in [4.69, 9.17) is 9.47 Å². The van der Waals surface area contributed by atoms with E-state index in [9.17, 15) is 4.79 Å². The minimum atomic E-state index is -0.435. The van der Waals surface area contributed by atoms with Gasteiger partial charge in [-0.05, 0) is 67.1 Å². The van der Waals surface area contributed by atoms with E-state index in [0.29, 0.717) is 18.5 Å². The lowest BCUT2D eigenvalue weighted by atomic mass is 9.64. The number of Topliss-reactive ketones (excluding diaryl/α,β-unsaturated/α-hetero) is 1. The second-order valence-corrected chi connectivity index (χ2v) is 9.24. The summed E-state index contributed by atoms with van der Waals surface area (Å²) in [7, 11) is 0. The summed E-state index contributed by atoms with van der Waals surface area (Å²) >= 11 is 0. The molecule has 0 bridgehead atoms. The lowest BCUT2D eigenvalue weighted by Gasteiger charge is -2.42. The summed E-state index contributed by atoms with van der Waals surface area (Å²) in [5.41, 5.74) is 4.10. The maximum Gasteiger partial charge on any atom is 0.231 e. The number of hydrogen-bond donors (Lipinski definition) is 0. The summed E-state index contributed by atoms with van der Waals surface area (Å²) in [6.45, 7) is 3.20. The van der Waals surface area contributed by atoms with Crippen LogP contribution in [0.15, 0.2) is 72.8 Å². The Labute approximate surface area is 188 Å². The first-order valence-electron chi connectivity index (χ1n) is 11.5. The highest BCUT2D eigenvalue weighted by atomic mass is 16.7. The average Bonchev–Trinajstić information content (AvgIpc) is 3.43. The number of ketones is 1. The van der Waals surface area contributed by atoms with Crippen LogP contribution in [-0.4, -0.2) is 30.6 Å². The average molecular weight is 426 g/mol. The lowest BCUT2D eigenvalue weighted by Crippen LogP contribution is -2.47. The first kappa shape index (κ1) is 19.6. The molecule has 3 aromatic rings. The van der Waals surface area contributed by atoms with Crippen molar-refractivity contribution in [3.05, 3.63) is 95.1 Å². The number of hydrogen-bond acceptors (Lipinski definition) is 4. The second-order valence-electron chi connectivity index (χ2n) is 9.24. The summed E-state index contributed by atoms with van der Waals surface area (Å²) in [4.78, 5) is 16.4. The second kappa shape index (κ2) is 7.79. The molecule has 0 spiro atoms. The van der Waals surface area contributed by atoms with E-state index in [1.807, 2.05) is 24.3 Å². The highest BCUT2D eigenvalue weighted by molar-refractivity contribution is 6.08. The Bertz CT molecular complexity index is 1150. The minimum absolute atomic E-state index is 0.308. The van der Waals surface area contributed by atoms with Crippen LogP contribution < -0.4 is 9.47 Å². The van der Waals surface area contributed by atoms with Crippen molar-refractivity contribution in [1.82, 2.24) is 4.90 Å². The predicted octanol–water partition coefficient (Wildman–Crippen LogP) is 5.00. The largest absolute Gasteiger partial charge is 0.454 e. The summed E-state index contributed by atoms with van der Waals surface area (Å²) in [5, 5.41) is 0. The Balaban J connectivity index is 1.23. The number of rotatable bonds is 4. The number of carbonyl (C=O) groups is 1. The molecule has 0 N–H and O–H groups in total. The molecule has 6 rings (SSSR count). The van der Waals surface area contributed by atoms with Crippen LogP contribution in [0.3, 0.4) is 0 Å². The van der Waals surface area contributed by atoms with Gasteiger partial charge in [0.1, 0.15) is 0 Å². The van der Waals surface area contributed by atoms with Crippen LogP contribution in [0.2, 0.25) is 0 Å². The topological polar surface area (TPSA) is 38.8 Å². The van der Waals surface area contributed by atoms with Crippen molar-refractivity contribution >= 4 is 5.78 Å². The predicted molar refractivity (Wildman–Crippen MR) is 123 cm³/mol. The molecule has 0 radical (unpaired) electrons. The molecule has 3 aliphatic rings. The van der Waals surface area contributed by atoms with Gasteiger partial charge in [-0.1, -0.05) is 60.7 Å². The third-order valence-electron chi connectivity index (χ3n) is 7.55. The van der Waals surface area contributed by atoms with Gasteiger partial charge in [-0.2, -0.15) is 0 Å². The molecule has 2 heterocycles. The molecule has 162 valence electrons. The van der Waals surface area contributed by atoms with Gasteiger partial charge in [0, 0.05) is 12.1 Å². The molecule has 32 heavy (non-hydrogen) atoms. The smallest absolute Gasteiger partial charge is 0.231 e. The van der Waals surface area contributed by atoms with Gasteiger partial charge in [0.15, 0.2) is 17.3 Å². The molecule has 2 aliphatic heterocycles. The zero-order valence-electron chi connectivity index (χ0n) is 18.1. The molecule has 1 aliphatic carbocycles. The van der Waals surface area contributed by atoms with Gasteiger partial charge in [0.25, 0.3) is 0 Å². The summed E-state index contributed by atoms with van der Waals surface area (Å²) in [5.74, 6) is 2.33. The van der Waals surface area contributed by atoms with Crippen molar-refractivity contribution in [1.29, 1.82) is 0 Å². The van der Waals surface area contributed by atoms with Crippen molar-refractivity contribution in [2.24, 2.45) is 5.92 Å². The Morgan fingerprint density at radius 3 is 2.44 bits per heavy atom. The molecule has 1 fully saturated rings. The van der Waals surface area contributed by atoms with Crippen LogP contribution in [0.4, 0.5) is 0 Å². The Morgan fingerprint density at radius 1 is 0.875 bits per heavy atom. The van der Waals surface area contributed by atoms with Crippen LogP contribution in [0.5, 0.6) is 11.5 Å². The lowest BCUT2D eigenvalue weighted by molar-refractivity contribution is 0.0735. The molecular weight excluding hydrogens is 398 g/mol. The minimum Gasteiger partial charge on any atom is -0.454 e. The highest BCUT2D eigenvalue weighted by Crippen LogP contribution is 2.48. The number of ether oxygens (including phenoxy) is 2. The van der Waals surface area contributed by atoms with Crippen molar-refractivity contribution in [2.45, 2.75) is 31.2 Å². The molecule has 1 saturated heterocycles. The third-order valence-corrected chi connectivity index (χ3v) is 7.55. The van der Waals surface area contributed by atoms with Crippen molar-refractivity contribution in [3.8, 4) is 11.5 Å². The zero-order valence-corrected chi connectivity index (χ0v) is 18.1. The standard InChI is InChI=1S/C28H27NO3/c30-27-24-9-5-4-6-21(24)17-28(27,22-7-2-1-3-8-22)23-12-14-29(15-13-23)18-20-10-11-25-26(16-20)32-19-31-25/h1-11,16,23H,12-15,17-19H2. The van der Waals surface area contributed by atoms with Gasteiger partial charge in [-0.3, -0.25) is 9.69 Å². The molecule has 4 heteroatoms. The van der Waals surface area contributed by atoms with Crippen LogP contribution in [0.1, 0.15) is 39.9 Å². The van der Waals surface area contributed by atoms with E-state index in [2.05, 4.69) is 53.4 Å². The van der Waals surface area contributed by atoms with Crippen LogP contribution >= 0.6 is 0 Å². The number of fused-ring (bicyclic) bond motifs is 2. The summed E-state index contributed by atoms with van der Waals surface area (Å²) in [6.07, 6.45) is 2.87. The maximum atomic E-state index is 13.9. The highest BCUT2D eigenvalue weighted by Gasteiger charge is 2.52. The van der Waals surface area contributed by atoms with Gasteiger partial charge >= 0.3 is 0 Å². The van der Waals surface area contributed by atoms with E-state index in [0.717, 1.165) is 56.0 Å². The van der Waals surface area contributed by atoms with Crippen LogP contribution in [0, 0.1) is 5.92 Å². The number of benzene rings is 3. The first-order valence-corrected chi connectivity index (χ1v) is 11.5.